The van der Waals surface area contributed by atoms with Crippen LogP contribution in [0.25, 0.3) is 0 Å². The molecule has 1 heterocycles. The van der Waals surface area contributed by atoms with E-state index in [4.69, 9.17) is 4.74 Å². The monoisotopic (exact) mass is 366 g/mol. The van der Waals surface area contributed by atoms with Gasteiger partial charge >= 0.3 is 0 Å². The highest BCUT2D eigenvalue weighted by molar-refractivity contribution is 5.82. The van der Waals surface area contributed by atoms with Gasteiger partial charge in [-0.2, -0.15) is 0 Å². The lowest BCUT2D eigenvalue weighted by molar-refractivity contribution is -0.124. The highest BCUT2D eigenvalue weighted by Gasteiger charge is 2.66. The van der Waals surface area contributed by atoms with Gasteiger partial charge in [-0.3, -0.25) is 4.79 Å². The number of carbonyl (C=O) groups excluding carboxylic acids is 1. The number of carbonyl (C=O) groups is 1. The number of ketones is 1. The first kappa shape index (κ1) is 17.0. The van der Waals surface area contributed by atoms with Crippen LogP contribution in [0.5, 0.6) is 0 Å². The van der Waals surface area contributed by atoms with Gasteiger partial charge in [-0.25, -0.2) is 0 Å². The quantitative estimate of drug-likeness (QED) is 0.593. The van der Waals surface area contributed by atoms with Crippen molar-refractivity contribution in [2.75, 3.05) is 6.61 Å². The zero-order valence-corrected chi connectivity index (χ0v) is 16.8. The van der Waals surface area contributed by atoms with Crippen molar-refractivity contribution in [3.8, 4) is 0 Å². The van der Waals surface area contributed by atoms with E-state index >= 15 is 0 Å². The van der Waals surface area contributed by atoms with Crippen LogP contribution in [0.1, 0.15) is 77.6 Å². The molecule has 6 atom stereocenters. The van der Waals surface area contributed by atoms with Crippen LogP contribution in [0.15, 0.2) is 23.3 Å². The van der Waals surface area contributed by atoms with Crippen LogP contribution in [0.4, 0.5) is 0 Å². The van der Waals surface area contributed by atoms with Gasteiger partial charge < -0.3 is 4.74 Å². The van der Waals surface area contributed by atoms with Crippen LogP contribution in [-0.4, -0.2) is 18.0 Å². The minimum atomic E-state index is 0.0443. The fraction of sp³-hybridized carbons (Fsp3) is 0.800. The maximum absolute atomic E-state index is 12.2. The second-order valence-corrected chi connectivity index (χ2v) is 10.5. The lowest BCUT2D eigenvalue weighted by atomic mass is 9.48. The zero-order valence-electron chi connectivity index (χ0n) is 16.8. The normalized spacial score (nSPS) is 48.7. The molecule has 0 N–H and O–H groups in total. The lowest BCUT2D eigenvalue weighted by Crippen LogP contribution is -2.54. The molecule has 2 heteroatoms. The summed E-state index contributed by atoms with van der Waals surface area (Å²) in [5.41, 5.74) is 3.77. The third kappa shape index (κ3) is 2.20. The molecular weight excluding hydrogens is 332 g/mol. The van der Waals surface area contributed by atoms with Crippen molar-refractivity contribution in [3.63, 3.8) is 0 Å². The maximum Gasteiger partial charge on any atom is 0.137 e. The Morgan fingerprint density at radius 3 is 2.78 bits per heavy atom. The van der Waals surface area contributed by atoms with E-state index in [9.17, 15) is 4.79 Å². The van der Waals surface area contributed by atoms with Crippen LogP contribution in [0, 0.1) is 35.0 Å². The predicted molar refractivity (Wildman–Crippen MR) is 106 cm³/mol. The van der Waals surface area contributed by atoms with Crippen molar-refractivity contribution in [2.24, 2.45) is 35.0 Å². The van der Waals surface area contributed by atoms with Crippen LogP contribution >= 0.6 is 0 Å². The molecule has 2 nitrogen and oxygen atoms in total. The van der Waals surface area contributed by atoms with E-state index in [0.717, 1.165) is 55.5 Å². The van der Waals surface area contributed by atoms with E-state index in [0.29, 0.717) is 11.2 Å². The third-order valence-electron chi connectivity index (χ3n) is 9.85. The van der Waals surface area contributed by atoms with Gasteiger partial charge in [0.2, 0.25) is 0 Å². The molecule has 1 spiro atoms. The van der Waals surface area contributed by atoms with E-state index in [2.05, 4.69) is 19.1 Å². The Labute approximate surface area is 163 Å². The van der Waals surface area contributed by atoms with Crippen molar-refractivity contribution in [1.29, 1.82) is 0 Å². The molecule has 6 aliphatic rings. The van der Waals surface area contributed by atoms with E-state index in [-0.39, 0.29) is 5.60 Å². The number of allylic oxidation sites excluding steroid dienone is 2. The van der Waals surface area contributed by atoms with Gasteiger partial charge in [-0.1, -0.05) is 30.2 Å². The first-order valence-electron chi connectivity index (χ1n) is 11.7. The number of fused-ring (bicyclic) bond motifs is 5. The van der Waals surface area contributed by atoms with Crippen LogP contribution in [0.2, 0.25) is 0 Å². The molecule has 0 radical (unpaired) electrons. The molecule has 0 saturated heterocycles. The molecule has 146 valence electrons. The molecule has 0 unspecified atom stereocenters. The maximum atomic E-state index is 12.2. The van der Waals surface area contributed by atoms with Crippen molar-refractivity contribution < 1.29 is 9.53 Å². The van der Waals surface area contributed by atoms with Crippen LogP contribution in [0.3, 0.4) is 0 Å². The molecule has 0 aromatic heterocycles. The smallest absolute Gasteiger partial charge is 0.137 e. The minimum Gasteiger partial charge on any atom is -0.366 e. The van der Waals surface area contributed by atoms with E-state index in [1.807, 2.05) is 0 Å². The summed E-state index contributed by atoms with van der Waals surface area (Å²) >= 11 is 0. The van der Waals surface area contributed by atoms with Crippen molar-refractivity contribution in [2.45, 2.75) is 83.2 Å². The molecule has 0 aromatic rings. The summed E-state index contributed by atoms with van der Waals surface area (Å²) in [6.45, 7) is 3.26. The fourth-order valence-corrected chi connectivity index (χ4v) is 8.71. The summed E-state index contributed by atoms with van der Waals surface area (Å²) in [5.74, 6) is 4.81. The summed E-state index contributed by atoms with van der Waals surface area (Å²) in [7, 11) is 0. The predicted octanol–water partition coefficient (Wildman–Crippen LogP) is 5.62. The van der Waals surface area contributed by atoms with Gasteiger partial charge in [0.05, 0.1) is 12.2 Å². The van der Waals surface area contributed by atoms with Gasteiger partial charge in [0, 0.05) is 18.3 Å². The average molecular weight is 367 g/mol. The Balaban J connectivity index is 1.43. The van der Waals surface area contributed by atoms with Crippen molar-refractivity contribution in [1.82, 2.24) is 0 Å². The summed E-state index contributed by atoms with van der Waals surface area (Å²) in [5, 5.41) is 0. The Kier molecular flexibility index (Phi) is 3.66. The highest BCUT2D eigenvalue weighted by Crippen LogP contribution is 2.70. The van der Waals surface area contributed by atoms with Gasteiger partial charge in [-0.05, 0) is 87.4 Å². The Morgan fingerprint density at radius 1 is 1.15 bits per heavy atom. The first-order chi connectivity index (χ1) is 13.2. The second-order valence-electron chi connectivity index (χ2n) is 10.5. The third-order valence-corrected chi connectivity index (χ3v) is 9.85. The Hall–Kier alpha value is -0.890. The van der Waals surface area contributed by atoms with Gasteiger partial charge in [0.15, 0.2) is 0 Å². The molecule has 3 fully saturated rings. The lowest BCUT2D eigenvalue weighted by Gasteiger charge is -2.57. The summed E-state index contributed by atoms with van der Waals surface area (Å²) in [6, 6.07) is 0. The molecule has 0 aromatic carbocycles. The number of rotatable bonds is 2. The number of ether oxygens (including phenoxy) is 1. The molecule has 6 rings (SSSR count). The molecule has 27 heavy (non-hydrogen) atoms. The number of hydrogen-bond acceptors (Lipinski definition) is 2. The van der Waals surface area contributed by atoms with E-state index in [1.54, 1.807) is 11.1 Å². The molecule has 0 bridgehead atoms. The number of Topliss-reactive ketones (excluding diaryl/α,β-unsaturated/α-hetero) is 1. The van der Waals surface area contributed by atoms with Crippen LogP contribution in [-0.2, 0) is 9.53 Å². The van der Waals surface area contributed by atoms with Crippen molar-refractivity contribution in [3.05, 3.63) is 23.3 Å². The van der Waals surface area contributed by atoms with Crippen molar-refractivity contribution >= 4 is 5.78 Å². The van der Waals surface area contributed by atoms with E-state index in [1.165, 1.54) is 51.4 Å². The van der Waals surface area contributed by atoms with Crippen LogP contribution < -0.4 is 0 Å². The fourth-order valence-electron chi connectivity index (χ4n) is 8.71. The molecule has 5 aliphatic carbocycles. The summed E-state index contributed by atoms with van der Waals surface area (Å²) in [6.07, 6.45) is 18.2. The Bertz CT molecular complexity index is 729. The summed E-state index contributed by atoms with van der Waals surface area (Å²) in [4.78, 5) is 12.2. The average Bonchev–Trinajstić information content (AvgIpc) is 3.33. The minimum absolute atomic E-state index is 0.0443. The van der Waals surface area contributed by atoms with Gasteiger partial charge in [0.1, 0.15) is 5.78 Å². The molecule has 1 aliphatic heterocycles. The highest BCUT2D eigenvalue weighted by atomic mass is 16.5. The Morgan fingerprint density at radius 2 is 2.04 bits per heavy atom. The first-order valence-corrected chi connectivity index (χ1v) is 11.7. The van der Waals surface area contributed by atoms with Gasteiger partial charge in [-0.15, -0.1) is 0 Å². The largest absolute Gasteiger partial charge is 0.366 e. The summed E-state index contributed by atoms with van der Waals surface area (Å²) < 4.78 is 6.51. The zero-order chi connectivity index (χ0) is 18.2. The standard InChI is InChI=1S/C25H34O2/c1-2-24-11-8-20-19-7-6-18(26)14-17(19)15-21(16-4-5-16)23(20)22(24)9-12-25(24)10-3-13-27-25/h3,10,16,20-23H,2,4-9,11-15H2,1H3/t20-,21+,22+,23+,24+,25+/m1/s1. The SMILES string of the molecule is CC[C@]12CC[C@@H]3C4=C(CC(=O)CC4)C[C@@H](C4CC4)[C@H]3[C@@H]1CC[C@@]21C=CCO1. The molecule has 3 saturated carbocycles. The van der Waals surface area contributed by atoms with E-state index < -0.39 is 0 Å². The number of hydrogen-bond donors (Lipinski definition) is 0. The second kappa shape index (κ2) is 5.81. The topological polar surface area (TPSA) is 26.3 Å². The molecule has 0 amide bonds. The molecular formula is C25H34O2. The van der Waals surface area contributed by atoms with Gasteiger partial charge in [0.25, 0.3) is 0 Å².